The molecule has 1 N–H and O–H groups in total. The molecule has 0 aliphatic rings. The van der Waals surface area contributed by atoms with Gasteiger partial charge in [0.25, 0.3) is 0 Å². The Morgan fingerprint density at radius 3 is 2.29 bits per heavy atom. The fraction of sp³-hybridized carbons (Fsp3) is 0.600. The van der Waals surface area contributed by atoms with Crippen LogP contribution in [0.4, 0.5) is 0 Å². The third kappa shape index (κ3) is 4.14. The van der Waals surface area contributed by atoms with Crippen molar-refractivity contribution >= 4 is 0 Å². The predicted molar refractivity (Wildman–Crippen MR) is 73.3 cm³/mol. The molecule has 2 nitrogen and oxygen atoms in total. The van der Waals surface area contributed by atoms with E-state index in [1.54, 1.807) is 7.11 Å². The molecule has 0 heterocycles. The zero-order chi connectivity index (χ0) is 12.7. The van der Waals surface area contributed by atoms with Gasteiger partial charge in [0, 0.05) is 7.11 Å². The van der Waals surface area contributed by atoms with Gasteiger partial charge in [0.1, 0.15) is 0 Å². The summed E-state index contributed by atoms with van der Waals surface area (Å²) < 4.78 is 5.43. The topological polar surface area (TPSA) is 21.3 Å². The van der Waals surface area contributed by atoms with Gasteiger partial charge in [0.05, 0.1) is 12.1 Å². The fourth-order valence-electron chi connectivity index (χ4n) is 2.09. The van der Waals surface area contributed by atoms with Crippen LogP contribution in [-0.2, 0) is 11.2 Å². The Morgan fingerprint density at radius 1 is 1.18 bits per heavy atom. The molecule has 1 aromatic carbocycles. The third-order valence-electron chi connectivity index (χ3n) is 3.14. The number of hydrogen-bond acceptors (Lipinski definition) is 2. The molecule has 17 heavy (non-hydrogen) atoms. The van der Waals surface area contributed by atoms with Gasteiger partial charge >= 0.3 is 0 Å². The highest BCUT2D eigenvalue weighted by Crippen LogP contribution is 2.19. The van der Waals surface area contributed by atoms with Crippen LogP contribution in [0.25, 0.3) is 0 Å². The van der Waals surface area contributed by atoms with Gasteiger partial charge in [-0.15, -0.1) is 0 Å². The van der Waals surface area contributed by atoms with Crippen LogP contribution < -0.4 is 5.32 Å². The quantitative estimate of drug-likeness (QED) is 0.782. The molecule has 2 atom stereocenters. The van der Waals surface area contributed by atoms with E-state index >= 15 is 0 Å². The molecule has 0 bridgehead atoms. The summed E-state index contributed by atoms with van der Waals surface area (Å²) in [6, 6.07) is 9.17. The molecule has 0 amide bonds. The summed E-state index contributed by atoms with van der Waals surface area (Å²) in [6.07, 6.45) is 2.54. The minimum absolute atomic E-state index is 0.187. The normalized spacial score (nSPS) is 14.6. The first-order chi connectivity index (χ1) is 8.22. The average Bonchev–Trinajstić information content (AvgIpc) is 2.37. The van der Waals surface area contributed by atoms with E-state index in [1.165, 1.54) is 17.5 Å². The van der Waals surface area contributed by atoms with Crippen molar-refractivity contribution in [3.05, 3.63) is 35.4 Å². The monoisotopic (exact) mass is 235 g/mol. The second-order valence-electron chi connectivity index (χ2n) is 4.47. The van der Waals surface area contributed by atoms with Gasteiger partial charge < -0.3 is 10.1 Å². The number of hydrogen-bond donors (Lipinski definition) is 1. The van der Waals surface area contributed by atoms with Crippen molar-refractivity contribution in [2.45, 2.75) is 45.8 Å². The lowest BCUT2D eigenvalue weighted by Gasteiger charge is -2.24. The molecule has 0 saturated heterocycles. The maximum absolute atomic E-state index is 5.43. The number of aryl methyl sites for hydroxylation is 1. The van der Waals surface area contributed by atoms with Crippen molar-refractivity contribution in [1.29, 1.82) is 0 Å². The van der Waals surface area contributed by atoms with Crippen LogP contribution in [0.2, 0.25) is 0 Å². The van der Waals surface area contributed by atoms with Crippen molar-refractivity contribution in [3.8, 4) is 0 Å². The molecule has 1 rings (SSSR count). The Hall–Kier alpha value is -0.860. The first-order valence-corrected chi connectivity index (χ1v) is 6.57. The molecule has 0 radical (unpaired) electrons. The minimum Gasteiger partial charge on any atom is -0.380 e. The molecule has 0 aliphatic carbocycles. The van der Waals surface area contributed by atoms with Crippen molar-refractivity contribution in [1.82, 2.24) is 5.32 Å². The lowest BCUT2D eigenvalue weighted by Crippen LogP contribution is -2.31. The van der Waals surface area contributed by atoms with Crippen LogP contribution in [-0.4, -0.2) is 19.8 Å². The highest BCUT2D eigenvalue weighted by Gasteiger charge is 2.17. The summed E-state index contributed by atoms with van der Waals surface area (Å²) in [5.41, 5.74) is 2.72. The number of rotatable bonds is 7. The molecule has 0 saturated carbocycles. The van der Waals surface area contributed by atoms with Gasteiger partial charge in [0.15, 0.2) is 0 Å². The summed E-state index contributed by atoms with van der Waals surface area (Å²) in [4.78, 5) is 0. The third-order valence-corrected chi connectivity index (χ3v) is 3.14. The summed E-state index contributed by atoms with van der Waals surface area (Å²) in [7, 11) is 1.76. The number of likely N-dealkylation sites (N-methyl/N-ethyl adjacent to an activating group) is 1. The van der Waals surface area contributed by atoms with E-state index < -0.39 is 0 Å². The molecule has 0 aliphatic heterocycles. The lowest BCUT2D eigenvalue weighted by molar-refractivity contribution is 0.0836. The Bertz CT molecular complexity index is 307. The van der Waals surface area contributed by atoms with E-state index in [2.05, 4.69) is 50.4 Å². The van der Waals surface area contributed by atoms with E-state index in [0.717, 1.165) is 13.0 Å². The minimum atomic E-state index is 0.187. The summed E-state index contributed by atoms with van der Waals surface area (Å²) in [5.74, 6) is 0. The number of benzene rings is 1. The van der Waals surface area contributed by atoms with Crippen LogP contribution in [0, 0.1) is 0 Å². The Kier molecular flexibility index (Phi) is 6.23. The van der Waals surface area contributed by atoms with Crippen molar-refractivity contribution in [3.63, 3.8) is 0 Å². The van der Waals surface area contributed by atoms with Gasteiger partial charge in [-0.25, -0.2) is 0 Å². The number of ether oxygens (including phenoxy) is 1. The van der Waals surface area contributed by atoms with Gasteiger partial charge in [-0.3, -0.25) is 0 Å². The van der Waals surface area contributed by atoms with Crippen molar-refractivity contribution < 1.29 is 4.74 Å². The highest BCUT2D eigenvalue weighted by atomic mass is 16.5. The molecule has 0 spiro atoms. The first-order valence-electron chi connectivity index (χ1n) is 6.57. The van der Waals surface area contributed by atoms with Crippen LogP contribution in [0.15, 0.2) is 24.3 Å². The van der Waals surface area contributed by atoms with Gasteiger partial charge in [-0.05, 0) is 31.0 Å². The van der Waals surface area contributed by atoms with Crippen LogP contribution >= 0.6 is 0 Å². The smallest absolute Gasteiger partial charge is 0.0737 e. The summed E-state index contributed by atoms with van der Waals surface area (Å²) in [5, 5.41) is 3.48. The van der Waals surface area contributed by atoms with Gasteiger partial charge in [-0.1, -0.05) is 44.5 Å². The Balaban J connectivity index is 2.79. The maximum atomic E-state index is 5.43. The molecule has 0 aromatic heterocycles. The Morgan fingerprint density at radius 2 is 1.82 bits per heavy atom. The van der Waals surface area contributed by atoms with E-state index in [4.69, 9.17) is 4.74 Å². The Labute approximate surface area is 105 Å². The average molecular weight is 235 g/mol. The second-order valence-corrected chi connectivity index (χ2v) is 4.47. The molecule has 2 heteroatoms. The van der Waals surface area contributed by atoms with Gasteiger partial charge in [-0.2, -0.15) is 0 Å². The predicted octanol–water partition coefficient (Wildman–Crippen LogP) is 3.32. The largest absolute Gasteiger partial charge is 0.380 e. The SMILES string of the molecule is CCCc1ccc(C(NCC)C(C)OC)cc1. The van der Waals surface area contributed by atoms with E-state index in [1.807, 2.05) is 0 Å². The molecule has 2 unspecified atom stereocenters. The summed E-state index contributed by atoms with van der Waals surface area (Å²) in [6.45, 7) is 7.39. The van der Waals surface area contributed by atoms with E-state index in [9.17, 15) is 0 Å². The molecule has 96 valence electrons. The second kappa shape index (κ2) is 7.46. The zero-order valence-electron chi connectivity index (χ0n) is 11.5. The molecular formula is C15H25NO. The maximum Gasteiger partial charge on any atom is 0.0737 e. The highest BCUT2D eigenvalue weighted by molar-refractivity contribution is 5.25. The van der Waals surface area contributed by atoms with Gasteiger partial charge in [0.2, 0.25) is 0 Å². The van der Waals surface area contributed by atoms with Crippen LogP contribution in [0.1, 0.15) is 44.4 Å². The van der Waals surface area contributed by atoms with Crippen LogP contribution in [0.3, 0.4) is 0 Å². The molecule has 0 fully saturated rings. The van der Waals surface area contributed by atoms with Crippen LogP contribution in [0.5, 0.6) is 0 Å². The number of methoxy groups -OCH3 is 1. The molecular weight excluding hydrogens is 210 g/mol. The number of nitrogens with one attached hydrogen (secondary N) is 1. The molecule has 1 aromatic rings. The fourth-order valence-corrected chi connectivity index (χ4v) is 2.09. The zero-order valence-corrected chi connectivity index (χ0v) is 11.5. The van der Waals surface area contributed by atoms with Crippen molar-refractivity contribution in [2.24, 2.45) is 0 Å². The van der Waals surface area contributed by atoms with Crippen molar-refractivity contribution in [2.75, 3.05) is 13.7 Å². The van der Waals surface area contributed by atoms with E-state index in [0.29, 0.717) is 0 Å². The first kappa shape index (κ1) is 14.2. The summed E-state index contributed by atoms with van der Waals surface area (Å²) >= 11 is 0. The lowest BCUT2D eigenvalue weighted by atomic mass is 9.99. The van der Waals surface area contributed by atoms with E-state index in [-0.39, 0.29) is 12.1 Å². The standard InChI is InChI=1S/C15H25NO/c1-5-7-13-8-10-14(11-9-13)15(16-6-2)12(3)17-4/h8-12,15-16H,5-7H2,1-4H3.